The summed E-state index contributed by atoms with van der Waals surface area (Å²) < 4.78 is 0. The van der Waals surface area contributed by atoms with Gasteiger partial charge in [-0.1, -0.05) is 49.4 Å². The monoisotopic (exact) mass is 270 g/mol. The number of hydrogen-bond donors (Lipinski definition) is 3. The van der Waals surface area contributed by atoms with E-state index in [1.807, 2.05) is 44.2 Å². The van der Waals surface area contributed by atoms with Gasteiger partial charge in [0.15, 0.2) is 0 Å². The van der Waals surface area contributed by atoms with Crippen molar-refractivity contribution in [1.29, 1.82) is 5.41 Å². The van der Waals surface area contributed by atoms with Crippen LogP contribution in [0.25, 0.3) is 5.57 Å². The number of allylic oxidation sites excluding steroid dienone is 1. The number of carbonyl (C=O) groups is 1. The molecule has 2 unspecified atom stereocenters. The molecule has 4 nitrogen and oxygen atoms in total. The summed E-state index contributed by atoms with van der Waals surface area (Å²) in [6.07, 6.45) is 3.28. The van der Waals surface area contributed by atoms with Crippen LogP contribution in [0.1, 0.15) is 19.4 Å². The van der Waals surface area contributed by atoms with Crippen molar-refractivity contribution < 1.29 is 9.90 Å². The summed E-state index contributed by atoms with van der Waals surface area (Å²) in [6.45, 7) is 3.77. The molecule has 0 aromatic heterocycles. The van der Waals surface area contributed by atoms with Gasteiger partial charge in [0.2, 0.25) is 0 Å². The fourth-order valence-electron chi connectivity index (χ4n) is 2.56. The lowest BCUT2D eigenvalue weighted by atomic mass is 9.67. The molecule has 4 N–H and O–H groups in total. The molecule has 0 amide bonds. The van der Waals surface area contributed by atoms with Crippen molar-refractivity contribution in [2.45, 2.75) is 13.8 Å². The molecule has 0 bridgehead atoms. The summed E-state index contributed by atoms with van der Waals surface area (Å²) in [5.74, 6) is -1.10. The molecule has 0 saturated heterocycles. The maximum absolute atomic E-state index is 11.5. The number of aliphatic carboxylic acids is 1. The van der Waals surface area contributed by atoms with Crippen molar-refractivity contribution in [2.24, 2.45) is 17.1 Å². The third-order valence-electron chi connectivity index (χ3n) is 4.11. The second kappa shape index (κ2) is 4.96. The Hall–Kier alpha value is -2.36. The first-order valence-corrected chi connectivity index (χ1v) is 6.44. The van der Waals surface area contributed by atoms with Crippen LogP contribution in [0.5, 0.6) is 0 Å². The van der Waals surface area contributed by atoms with E-state index in [0.717, 1.165) is 11.1 Å². The van der Waals surface area contributed by atoms with Gasteiger partial charge in [0.25, 0.3) is 0 Å². The minimum atomic E-state index is -0.961. The molecular weight excluding hydrogens is 252 g/mol. The predicted molar refractivity (Wildman–Crippen MR) is 79.3 cm³/mol. The zero-order valence-corrected chi connectivity index (χ0v) is 11.6. The van der Waals surface area contributed by atoms with Crippen LogP contribution in [0.15, 0.2) is 48.1 Å². The van der Waals surface area contributed by atoms with E-state index in [4.69, 9.17) is 11.1 Å². The molecule has 0 aliphatic heterocycles. The average Bonchev–Trinajstić information content (AvgIpc) is 2.42. The molecule has 0 radical (unpaired) electrons. The summed E-state index contributed by atoms with van der Waals surface area (Å²) in [4.78, 5) is 11.5. The van der Waals surface area contributed by atoms with Crippen LogP contribution in [0.2, 0.25) is 0 Å². The second-order valence-corrected chi connectivity index (χ2v) is 5.25. The van der Waals surface area contributed by atoms with Crippen molar-refractivity contribution in [1.82, 2.24) is 0 Å². The maximum atomic E-state index is 11.5. The summed E-state index contributed by atoms with van der Waals surface area (Å²) >= 11 is 0. The molecule has 2 rings (SSSR count). The lowest BCUT2D eigenvalue weighted by Gasteiger charge is -2.37. The highest BCUT2D eigenvalue weighted by molar-refractivity contribution is 6.03. The standard InChI is InChI=1S/C16H18N2O2/c1-10-13(11-6-4-3-5-7-11)12(14(19)20)8-9-16(10,2)15(17)18/h3-10H,1-2H3,(H3,17,18)(H,19,20). The fraction of sp³-hybridized carbons (Fsp3) is 0.250. The number of hydrogen-bond acceptors (Lipinski definition) is 2. The lowest BCUT2D eigenvalue weighted by molar-refractivity contribution is -0.132. The molecule has 1 aromatic carbocycles. The van der Waals surface area contributed by atoms with Gasteiger partial charge in [-0.15, -0.1) is 0 Å². The van der Waals surface area contributed by atoms with Crippen LogP contribution in [-0.4, -0.2) is 16.9 Å². The quantitative estimate of drug-likeness (QED) is 0.583. The maximum Gasteiger partial charge on any atom is 0.335 e. The zero-order chi connectivity index (χ0) is 14.9. The minimum absolute atomic E-state index is 0.0409. The third kappa shape index (κ3) is 2.13. The Morgan fingerprint density at radius 1 is 1.35 bits per heavy atom. The first-order valence-electron chi connectivity index (χ1n) is 6.44. The Bertz CT molecular complexity index is 617. The number of amidine groups is 1. The lowest BCUT2D eigenvalue weighted by Crippen LogP contribution is -2.40. The Morgan fingerprint density at radius 2 is 1.95 bits per heavy atom. The summed E-state index contributed by atoms with van der Waals surface area (Å²) in [5.41, 5.74) is 6.90. The van der Waals surface area contributed by atoms with Gasteiger partial charge in [0.1, 0.15) is 5.84 Å². The van der Waals surface area contributed by atoms with Crippen molar-refractivity contribution >= 4 is 17.4 Å². The van der Waals surface area contributed by atoms with E-state index in [1.54, 1.807) is 12.2 Å². The first-order chi connectivity index (χ1) is 9.38. The average molecular weight is 270 g/mol. The summed E-state index contributed by atoms with van der Waals surface area (Å²) in [5, 5.41) is 17.2. The van der Waals surface area contributed by atoms with Crippen LogP contribution in [0, 0.1) is 16.7 Å². The molecule has 0 fully saturated rings. The first kappa shape index (κ1) is 14.1. The number of carboxylic acid groups (broad SMARTS) is 1. The van der Waals surface area contributed by atoms with Crippen LogP contribution < -0.4 is 5.73 Å². The Labute approximate surface area is 118 Å². The second-order valence-electron chi connectivity index (χ2n) is 5.25. The van der Waals surface area contributed by atoms with Crippen molar-refractivity contribution in [2.75, 3.05) is 0 Å². The highest BCUT2D eigenvalue weighted by Gasteiger charge is 2.39. The zero-order valence-electron chi connectivity index (χ0n) is 11.6. The molecule has 0 heterocycles. The topological polar surface area (TPSA) is 87.2 Å². The van der Waals surface area contributed by atoms with Gasteiger partial charge >= 0.3 is 5.97 Å². The Morgan fingerprint density at radius 3 is 2.45 bits per heavy atom. The fourth-order valence-corrected chi connectivity index (χ4v) is 2.56. The molecule has 2 atom stereocenters. The van der Waals surface area contributed by atoms with Crippen LogP contribution in [0.3, 0.4) is 0 Å². The van der Waals surface area contributed by atoms with Crippen molar-refractivity contribution in [3.8, 4) is 0 Å². The van der Waals surface area contributed by atoms with Crippen LogP contribution in [0.4, 0.5) is 0 Å². The highest BCUT2D eigenvalue weighted by Crippen LogP contribution is 2.44. The molecule has 20 heavy (non-hydrogen) atoms. The number of nitrogens with one attached hydrogen (secondary N) is 1. The Balaban J connectivity index is 2.65. The predicted octanol–water partition coefficient (Wildman–Crippen LogP) is 2.67. The van der Waals surface area contributed by atoms with E-state index in [1.165, 1.54) is 0 Å². The normalized spacial score (nSPS) is 25.6. The molecule has 1 aliphatic rings. The number of nitrogens with two attached hydrogens (primary N) is 1. The largest absolute Gasteiger partial charge is 0.478 e. The van der Waals surface area contributed by atoms with Gasteiger partial charge in [0.05, 0.1) is 5.57 Å². The molecule has 4 heteroatoms. The Kier molecular flexibility index (Phi) is 3.49. The molecular formula is C16H18N2O2. The van der Waals surface area contributed by atoms with Gasteiger partial charge in [-0.3, -0.25) is 5.41 Å². The van der Waals surface area contributed by atoms with E-state index in [9.17, 15) is 9.90 Å². The third-order valence-corrected chi connectivity index (χ3v) is 4.11. The van der Waals surface area contributed by atoms with Crippen LogP contribution in [-0.2, 0) is 4.79 Å². The van der Waals surface area contributed by atoms with E-state index in [0.29, 0.717) is 0 Å². The van der Waals surface area contributed by atoms with Gasteiger partial charge in [-0.25, -0.2) is 4.79 Å². The summed E-state index contributed by atoms with van der Waals surface area (Å²) in [7, 11) is 0. The molecule has 0 spiro atoms. The smallest absolute Gasteiger partial charge is 0.335 e. The van der Waals surface area contributed by atoms with E-state index in [2.05, 4.69) is 0 Å². The summed E-state index contributed by atoms with van der Waals surface area (Å²) in [6, 6.07) is 9.40. The van der Waals surface area contributed by atoms with Gasteiger partial charge < -0.3 is 10.8 Å². The number of carboxylic acids is 1. The highest BCUT2D eigenvalue weighted by atomic mass is 16.4. The minimum Gasteiger partial charge on any atom is -0.478 e. The number of benzene rings is 1. The molecule has 104 valence electrons. The van der Waals surface area contributed by atoms with Gasteiger partial charge in [-0.2, -0.15) is 0 Å². The van der Waals surface area contributed by atoms with Crippen molar-refractivity contribution in [3.05, 3.63) is 53.6 Å². The van der Waals surface area contributed by atoms with E-state index < -0.39 is 11.4 Å². The van der Waals surface area contributed by atoms with Crippen molar-refractivity contribution in [3.63, 3.8) is 0 Å². The molecule has 1 aliphatic carbocycles. The van der Waals surface area contributed by atoms with Gasteiger partial charge in [0, 0.05) is 5.41 Å². The SMILES string of the molecule is CC1C(c2ccccc2)=C(C(=O)O)C=CC1(C)C(=N)N. The number of rotatable bonds is 3. The molecule has 0 saturated carbocycles. The van der Waals surface area contributed by atoms with E-state index >= 15 is 0 Å². The molecule has 1 aromatic rings. The van der Waals surface area contributed by atoms with Gasteiger partial charge in [-0.05, 0) is 24.0 Å². The van der Waals surface area contributed by atoms with Crippen LogP contribution >= 0.6 is 0 Å². The van der Waals surface area contributed by atoms with E-state index in [-0.39, 0.29) is 17.3 Å².